The van der Waals surface area contributed by atoms with Crippen molar-refractivity contribution >= 4 is 17.1 Å². The molecule has 0 N–H and O–H groups in total. The summed E-state index contributed by atoms with van der Waals surface area (Å²) in [4.78, 5) is 2.53. The zero-order valence-electron chi connectivity index (χ0n) is 30.0. The summed E-state index contributed by atoms with van der Waals surface area (Å²) in [5, 5.41) is 0. The predicted octanol–water partition coefficient (Wildman–Crippen LogP) is 13.5. The number of benzene rings is 8. The van der Waals surface area contributed by atoms with Crippen molar-refractivity contribution in [2.45, 2.75) is 24.7 Å². The second-order valence-corrected chi connectivity index (χ2v) is 14.9. The van der Waals surface area contributed by atoms with E-state index in [1.165, 1.54) is 72.4 Å². The summed E-state index contributed by atoms with van der Waals surface area (Å²) < 4.78 is 0. The minimum absolute atomic E-state index is 0.253. The van der Waals surface area contributed by atoms with Crippen LogP contribution in [0.5, 0.6) is 0 Å². The molecule has 2 aliphatic rings. The van der Waals surface area contributed by atoms with Crippen molar-refractivity contribution in [2.75, 3.05) is 4.90 Å². The topological polar surface area (TPSA) is 3.24 Å². The molecule has 0 radical (unpaired) electrons. The van der Waals surface area contributed by atoms with E-state index in [1.54, 1.807) is 0 Å². The molecule has 2 aliphatic carbocycles. The van der Waals surface area contributed by atoms with Gasteiger partial charge in [-0.25, -0.2) is 0 Å². The molecular formula is C52H39N. The van der Waals surface area contributed by atoms with E-state index in [0.717, 1.165) is 11.4 Å². The molecule has 0 heterocycles. The SMILES string of the molecule is CC1(C)c2ccc(-c3ccccc3)cc2-c2c1cc1c(c2N(c2ccccc2)c2ccccc2)-c2ccccc2C1(c1ccccc1)c1ccccc1. The van der Waals surface area contributed by atoms with Gasteiger partial charge in [0.1, 0.15) is 0 Å². The summed E-state index contributed by atoms with van der Waals surface area (Å²) in [6, 6.07) is 73.9. The van der Waals surface area contributed by atoms with Crippen LogP contribution < -0.4 is 4.90 Å². The number of para-hydroxylation sites is 2. The molecule has 1 nitrogen and oxygen atoms in total. The first-order chi connectivity index (χ1) is 26.1. The van der Waals surface area contributed by atoms with Crippen molar-refractivity contribution in [3.8, 4) is 33.4 Å². The van der Waals surface area contributed by atoms with Crippen LogP contribution in [0.15, 0.2) is 200 Å². The summed E-state index contributed by atoms with van der Waals surface area (Å²) >= 11 is 0. The smallest absolute Gasteiger partial charge is 0.0714 e. The lowest BCUT2D eigenvalue weighted by Gasteiger charge is -2.36. The highest BCUT2D eigenvalue weighted by Crippen LogP contribution is 2.65. The summed E-state index contributed by atoms with van der Waals surface area (Å²) in [7, 11) is 0. The molecular weight excluding hydrogens is 639 g/mol. The van der Waals surface area contributed by atoms with Crippen LogP contribution in [0.1, 0.15) is 47.2 Å². The highest BCUT2D eigenvalue weighted by atomic mass is 15.1. The lowest BCUT2D eigenvalue weighted by Crippen LogP contribution is -2.29. The van der Waals surface area contributed by atoms with Crippen molar-refractivity contribution in [3.63, 3.8) is 0 Å². The normalized spacial score (nSPS) is 14.2. The van der Waals surface area contributed by atoms with Gasteiger partial charge < -0.3 is 4.90 Å². The zero-order chi connectivity index (χ0) is 35.6. The predicted molar refractivity (Wildman–Crippen MR) is 221 cm³/mol. The minimum Gasteiger partial charge on any atom is -0.309 e. The van der Waals surface area contributed by atoms with Crippen LogP contribution in [0.2, 0.25) is 0 Å². The van der Waals surface area contributed by atoms with Gasteiger partial charge in [0.05, 0.1) is 11.1 Å². The van der Waals surface area contributed by atoms with Gasteiger partial charge in [-0.15, -0.1) is 0 Å². The number of hydrogen-bond donors (Lipinski definition) is 0. The molecule has 0 atom stereocenters. The molecule has 8 aromatic rings. The number of rotatable bonds is 6. The van der Waals surface area contributed by atoms with Crippen molar-refractivity contribution in [2.24, 2.45) is 0 Å². The van der Waals surface area contributed by atoms with E-state index in [2.05, 4.69) is 219 Å². The van der Waals surface area contributed by atoms with E-state index >= 15 is 0 Å². The van der Waals surface area contributed by atoms with Gasteiger partial charge in [-0.1, -0.05) is 184 Å². The van der Waals surface area contributed by atoms with E-state index in [1.807, 2.05) is 0 Å². The van der Waals surface area contributed by atoms with Crippen LogP contribution in [-0.4, -0.2) is 0 Å². The highest BCUT2D eigenvalue weighted by molar-refractivity contribution is 6.07. The van der Waals surface area contributed by atoms with Crippen LogP contribution in [0.25, 0.3) is 33.4 Å². The largest absolute Gasteiger partial charge is 0.309 e. The molecule has 252 valence electrons. The first kappa shape index (κ1) is 31.3. The van der Waals surface area contributed by atoms with Crippen LogP contribution in [0.4, 0.5) is 17.1 Å². The molecule has 53 heavy (non-hydrogen) atoms. The maximum atomic E-state index is 2.59. The summed E-state index contributed by atoms with van der Waals surface area (Å²) in [5.41, 5.74) is 18.2. The van der Waals surface area contributed by atoms with Crippen LogP contribution >= 0.6 is 0 Å². The number of anilines is 3. The monoisotopic (exact) mass is 677 g/mol. The van der Waals surface area contributed by atoms with Crippen LogP contribution in [0.3, 0.4) is 0 Å². The average molecular weight is 678 g/mol. The third kappa shape index (κ3) is 4.57. The number of nitrogens with zero attached hydrogens (tertiary/aromatic N) is 1. The molecule has 0 amide bonds. The van der Waals surface area contributed by atoms with Gasteiger partial charge >= 0.3 is 0 Å². The summed E-state index contributed by atoms with van der Waals surface area (Å²) in [6.07, 6.45) is 0. The Morgan fingerprint density at radius 3 is 1.43 bits per heavy atom. The molecule has 0 unspecified atom stereocenters. The van der Waals surface area contributed by atoms with Crippen molar-refractivity contribution in [3.05, 3.63) is 234 Å². The fourth-order valence-corrected chi connectivity index (χ4v) is 9.38. The Kier molecular flexibility index (Phi) is 7.13. The maximum Gasteiger partial charge on any atom is 0.0714 e. The Labute approximate surface area is 312 Å². The highest BCUT2D eigenvalue weighted by Gasteiger charge is 2.51. The van der Waals surface area contributed by atoms with E-state index in [-0.39, 0.29) is 5.41 Å². The lowest BCUT2D eigenvalue weighted by atomic mass is 9.66. The molecule has 0 saturated carbocycles. The Morgan fingerprint density at radius 2 is 0.849 bits per heavy atom. The molecule has 0 aromatic heterocycles. The summed E-state index contributed by atoms with van der Waals surface area (Å²) in [6.45, 7) is 4.83. The van der Waals surface area contributed by atoms with Crippen molar-refractivity contribution < 1.29 is 0 Å². The van der Waals surface area contributed by atoms with Gasteiger partial charge in [-0.2, -0.15) is 0 Å². The molecule has 8 aromatic carbocycles. The average Bonchev–Trinajstić information content (AvgIpc) is 3.65. The third-order valence-corrected chi connectivity index (χ3v) is 11.7. The molecule has 0 bridgehead atoms. The molecule has 0 fully saturated rings. The Morgan fingerprint density at radius 1 is 0.358 bits per heavy atom. The Bertz CT molecular complexity index is 2530. The van der Waals surface area contributed by atoms with Gasteiger partial charge in [0, 0.05) is 27.9 Å². The first-order valence-corrected chi connectivity index (χ1v) is 18.6. The molecule has 0 saturated heterocycles. The maximum absolute atomic E-state index is 2.59. The molecule has 1 heteroatoms. The van der Waals surface area contributed by atoms with E-state index in [9.17, 15) is 0 Å². The summed E-state index contributed by atoms with van der Waals surface area (Å²) in [5.74, 6) is 0. The lowest BCUT2D eigenvalue weighted by molar-refractivity contribution is 0.656. The van der Waals surface area contributed by atoms with E-state index in [0.29, 0.717) is 0 Å². The second-order valence-electron chi connectivity index (χ2n) is 14.9. The molecule has 10 rings (SSSR count). The van der Waals surface area contributed by atoms with E-state index < -0.39 is 5.41 Å². The Hall–Kier alpha value is -6.44. The Balaban J connectivity index is 1.42. The van der Waals surface area contributed by atoms with Crippen molar-refractivity contribution in [1.29, 1.82) is 0 Å². The van der Waals surface area contributed by atoms with Gasteiger partial charge in [0.2, 0.25) is 0 Å². The zero-order valence-corrected chi connectivity index (χ0v) is 30.0. The van der Waals surface area contributed by atoms with Crippen molar-refractivity contribution in [1.82, 2.24) is 0 Å². The number of hydrogen-bond acceptors (Lipinski definition) is 1. The minimum atomic E-state index is -0.530. The molecule has 0 spiro atoms. The van der Waals surface area contributed by atoms with Gasteiger partial charge in [-0.05, 0) is 86.0 Å². The standard InChI is InChI=1S/C52H39N/c1-51(2)44-33-32-37(36-20-8-3-9-21-36)34-43(44)49-46(51)35-47-48(50(49)53(40-26-14-6-15-27-40)41-28-16-7-17-29-41)42-30-18-19-31-45(42)52(47,38-22-10-4-11-23-38)39-24-12-5-13-25-39/h3-35H,1-2H3. The van der Waals surface area contributed by atoms with Gasteiger partial charge in [0.25, 0.3) is 0 Å². The first-order valence-electron chi connectivity index (χ1n) is 18.6. The third-order valence-electron chi connectivity index (χ3n) is 11.7. The fraction of sp³-hybridized carbons (Fsp3) is 0.0769. The van der Waals surface area contributed by atoms with Gasteiger partial charge in [0.15, 0.2) is 0 Å². The van der Waals surface area contributed by atoms with Gasteiger partial charge in [-0.3, -0.25) is 0 Å². The van der Waals surface area contributed by atoms with E-state index in [4.69, 9.17) is 0 Å². The van der Waals surface area contributed by atoms with Crippen LogP contribution in [0, 0.1) is 0 Å². The quantitative estimate of drug-likeness (QED) is 0.169. The molecule has 0 aliphatic heterocycles. The fourth-order valence-electron chi connectivity index (χ4n) is 9.38. The second kappa shape index (κ2) is 12.1. The van der Waals surface area contributed by atoms with Crippen LogP contribution in [-0.2, 0) is 10.8 Å². The number of fused-ring (bicyclic) bond motifs is 6.